The fourth-order valence-corrected chi connectivity index (χ4v) is 1.31. The molecule has 0 saturated heterocycles. The molecule has 0 aliphatic heterocycles. The molecule has 12 heavy (non-hydrogen) atoms. The number of H-pyrrole nitrogens is 1. The summed E-state index contributed by atoms with van der Waals surface area (Å²) in [4.78, 5) is 4.19. The van der Waals surface area contributed by atoms with Gasteiger partial charge in [-0.3, -0.25) is 5.10 Å². The summed E-state index contributed by atoms with van der Waals surface area (Å²) in [5.41, 5.74) is 1.99. The smallest absolute Gasteiger partial charge is 0.137 e. The van der Waals surface area contributed by atoms with Crippen LogP contribution in [0.15, 0.2) is 12.3 Å². The molecule has 0 radical (unpaired) electrons. The summed E-state index contributed by atoms with van der Waals surface area (Å²) in [5, 5.41) is 11.1. The Kier molecular flexibility index (Phi) is 1.46. The summed E-state index contributed by atoms with van der Waals surface area (Å²) in [6.07, 6.45) is 1.76. The Morgan fingerprint density at radius 2 is 2.33 bits per heavy atom. The van der Waals surface area contributed by atoms with E-state index < -0.39 is 0 Å². The maximum absolute atomic E-state index is 4.19. The van der Waals surface area contributed by atoms with Crippen LogP contribution in [0.3, 0.4) is 0 Å². The Balaban J connectivity index is 2.84. The first-order valence-electron chi connectivity index (χ1n) is 3.80. The van der Waals surface area contributed by atoms with Gasteiger partial charge in [-0.15, -0.1) is 0 Å². The standard InChI is InChI=1S/C8H10N4/c1-5-7-6(12-11-5)3-4-10-8(7)9-2/h3-4H,1-2H3,(H,9,10)(H,11,12). The number of aryl methyl sites for hydroxylation is 1. The minimum atomic E-state index is 0.874. The molecule has 4 heteroatoms. The molecule has 0 amide bonds. The Morgan fingerprint density at radius 3 is 3.08 bits per heavy atom. The minimum Gasteiger partial charge on any atom is -0.373 e. The molecular weight excluding hydrogens is 152 g/mol. The lowest BCUT2D eigenvalue weighted by molar-refractivity contribution is 1.07. The van der Waals surface area contributed by atoms with Crippen molar-refractivity contribution in [3.63, 3.8) is 0 Å². The summed E-state index contributed by atoms with van der Waals surface area (Å²) < 4.78 is 0. The average Bonchev–Trinajstić information content (AvgIpc) is 2.48. The van der Waals surface area contributed by atoms with Crippen LogP contribution in [-0.4, -0.2) is 22.2 Å². The third-order valence-electron chi connectivity index (χ3n) is 1.89. The summed E-state index contributed by atoms with van der Waals surface area (Å²) in [6.45, 7) is 1.96. The van der Waals surface area contributed by atoms with E-state index in [9.17, 15) is 0 Å². The molecule has 2 aromatic heterocycles. The van der Waals surface area contributed by atoms with Crippen molar-refractivity contribution in [3.8, 4) is 0 Å². The summed E-state index contributed by atoms with van der Waals surface area (Å²) >= 11 is 0. The van der Waals surface area contributed by atoms with Crippen LogP contribution in [0.5, 0.6) is 0 Å². The molecule has 0 spiro atoms. The number of nitrogens with one attached hydrogen (secondary N) is 2. The van der Waals surface area contributed by atoms with Crippen LogP contribution in [0, 0.1) is 6.92 Å². The van der Waals surface area contributed by atoms with Crippen LogP contribution >= 0.6 is 0 Å². The zero-order chi connectivity index (χ0) is 8.55. The topological polar surface area (TPSA) is 53.6 Å². The molecule has 0 aliphatic rings. The Hall–Kier alpha value is -1.58. The fraction of sp³-hybridized carbons (Fsp3) is 0.250. The highest BCUT2D eigenvalue weighted by molar-refractivity contribution is 5.91. The Labute approximate surface area is 70.0 Å². The number of aromatic amines is 1. The van der Waals surface area contributed by atoms with Gasteiger partial charge in [0.1, 0.15) is 5.82 Å². The van der Waals surface area contributed by atoms with Crippen LogP contribution < -0.4 is 5.32 Å². The monoisotopic (exact) mass is 162 g/mol. The molecule has 0 saturated carbocycles. The Morgan fingerprint density at radius 1 is 1.50 bits per heavy atom. The maximum Gasteiger partial charge on any atom is 0.137 e. The van der Waals surface area contributed by atoms with Gasteiger partial charge < -0.3 is 5.32 Å². The second kappa shape index (κ2) is 2.48. The zero-order valence-corrected chi connectivity index (χ0v) is 7.05. The van der Waals surface area contributed by atoms with E-state index in [1.54, 1.807) is 6.20 Å². The number of pyridine rings is 1. The summed E-state index contributed by atoms with van der Waals surface area (Å²) in [5.74, 6) is 0.874. The van der Waals surface area contributed by atoms with Gasteiger partial charge in [0.05, 0.1) is 16.6 Å². The number of fused-ring (bicyclic) bond motifs is 1. The second-order valence-electron chi connectivity index (χ2n) is 2.64. The van der Waals surface area contributed by atoms with Gasteiger partial charge in [-0.1, -0.05) is 0 Å². The van der Waals surface area contributed by atoms with E-state index >= 15 is 0 Å². The lowest BCUT2D eigenvalue weighted by atomic mass is 10.2. The Bertz CT molecular complexity index is 404. The van der Waals surface area contributed by atoms with Gasteiger partial charge in [-0.05, 0) is 13.0 Å². The fourth-order valence-electron chi connectivity index (χ4n) is 1.31. The number of nitrogens with zero attached hydrogens (tertiary/aromatic N) is 2. The molecule has 0 fully saturated rings. The van der Waals surface area contributed by atoms with Gasteiger partial charge in [-0.25, -0.2) is 4.98 Å². The summed E-state index contributed by atoms with van der Waals surface area (Å²) in [7, 11) is 1.86. The van der Waals surface area contributed by atoms with Crippen LogP contribution in [0.2, 0.25) is 0 Å². The molecule has 0 aromatic carbocycles. The molecule has 2 N–H and O–H groups in total. The van der Waals surface area contributed by atoms with Crippen LogP contribution in [0.4, 0.5) is 5.82 Å². The highest BCUT2D eigenvalue weighted by Gasteiger charge is 2.05. The third kappa shape index (κ3) is 0.845. The lowest BCUT2D eigenvalue weighted by Crippen LogP contribution is -1.92. The molecule has 2 rings (SSSR count). The van der Waals surface area contributed by atoms with Crippen LogP contribution in [0.25, 0.3) is 10.9 Å². The largest absolute Gasteiger partial charge is 0.373 e. The van der Waals surface area contributed by atoms with Gasteiger partial charge in [0.15, 0.2) is 0 Å². The molecule has 0 aliphatic carbocycles. The quantitative estimate of drug-likeness (QED) is 0.664. The number of hydrogen-bond acceptors (Lipinski definition) is 3. The number of rotatable bonds is 1. The van der Waals surface area contributed by atoms with E-state index in [-0.39, 0.29) is 0 Å². The first kappa shape index (κ1) is 7.09. The summed E-state index contributed by atoms with van der Waals surface area (Å²) in [6, 6.07) is 1.91. The molecule has 0 unspecified atom stereocenters. The van der Waals surface area contributed by atoms with E-state index in [0.717, 1.165) is 22.4 Å². The zero-order valence-electron chi connectivity index (χ0n) is 7.05. The predicted octanol–water partition coefficient (Wildman–Crippen LogP) is 1.31. The van der Waals surface area contributed by atoms with Crippen molar-refractivity contribution in [1.82, 2.24) is 15.2 Å². The minimum absolute atomic E-state index is 0.874. The molecule has 2 heterocycles. The van der Waals surface area contributed by atoms with Gasteiger partial charge in [0.25, 0.3) is 0 Å². The second-order valence-corrected chi connectivity index (χ2v) is 2.64. The molecule has 0 bridgehead atoms. The van der Waals surface area contributed by atoms with E-state index in [4.69, 9.17) is 0 Å². The SMILES string of the molecule is CNc1nccc2[nH]nc(C)c12. The number of anilines is 1. The predicted molar refractivity (Wildman–Crippen MR) is 48.2 cm³/mol. The highest BCUT2D eigenvalue weighted by atomic mass is 15.1. The van der Waals surface area contributed by atoms with Gasteiger partial charge in [0.2, 0.25) is 0 Å². The van der Waals surface area contributed by atoms with Gasteiger partial charge >= 0.3 is 0 Å². The van der Waals surface area contributed by atoms with E-state index in [1.807, 2.05) is 20.0 Å². The normalized spacial score (nSPS) is 10.5. The van der Waals surface area contributed by atoms with Crippen LogP contribution in [-0.2, 0) is 0 Å². The number of aromatic nitrogens is 3. The number of hydrogen-bond donors (Lipinski definition) is 2. The van der Waals surface area contributed by atoms with E-state index in [2.05, 4.69) is 20.5 Å². The van der Waals surface area contributed by atoms with Gasteiger partial charge in [0, 0.05) is 13.2 Å². The van der Waals surface area contributed by atoms with Crippen LogP contribution in [0.1, 0.15) is 5.69 Å². The van der Waals surface area contributed by atoms with E-state index in [0.29, 0.717) is 0 Å². The first-order chi connectivity index (χ1) is 5.83. The van der Waals surface area contributed by atoms with E-state index in [1.165, 1.54) is 0 Å². The van der Waals surface area contributed by atoms with Crippen molar-refractivity contribution in [2.24, 2.45) is 0 Å². The van der Waals surface area contributed by atoms with Crippen molar-refractivity contribution in [3.05, 3.63) is 18.0 Å². The van der Waals surface area contributed by atoms with Crippen molar-refractivity contribution in [2.75, 3.05) is 12.4 Å². The molecule has 62 valence electrons. The van der Waals surface area contributed by atoms with Crippen molar-refractivity contribution < 1.29 is 0 Å². The van der Waals surface area contributed by atoms with Crippen molar-refractivity contribution in [1.29, 1.82) is 0 Å². The molecule has 0 atom stereocenters. The lowest BCUT2D eigenvalue weighted by Gasteiger charge is -1.99. The highest BCUT2D eigenvalue weighted by Crippen LogP contribution is 2.21. The van der Waals surface area contributed by atoms with Crippen molar-refractivity contribution in [2.45, 2.75) is 6.92 Å². The van der Waals surface area contributed by atoms with Gasteiger partial charge in [-0.2, -0.15) is 5.10 Å². The first-order valence-corrected chi connectivity index (χ1v) is 3.80. The average molecular weight is 162 g/mol. The maximum atomic E-state index is 4.19. The molecule has 2 aromatic rings. The third-order valence-corrected chi connectivity index (χ3v) is 1.89. The molecular formula is C8H10N4. The molecule has 4 nitrogen and oxygen atoms in total. The van der Waals surface area contributed by atoms with Crippen molar-refractivity contribution >= 4 is 16.7 Å².